The van der Waals surface area contributed by atoms with Crippen LogP contribution in [0.2, 0.25) is 0 Å². The van der Waals surface area contributed by atoms with E-state index in [1.54, 1.807) is 18.0 Å². The molecule has 0 saturated heterocycles. The molecule has 136 valence electrons. The zero-order chi connectivity index (χ0) is 18.7. The fourth-order valence-corrected chi connectivity index (χ4v) is 3.38. The van der Waals surface area contributed by atoms with E-state index in [0.717, 1.165) is 35.7 Å². The third-order valence-electron chi connectivity index (χ3n) is 4.71. The molecule has 25 heavy (non-hydrogen) atoms. The van der Waals surface area contributed by atoms with E-state index >= 15 is 0 Å². The molecule has 0 saturated carbocycles. The lowest BCUT2D eigenvalue weighted by atomic mass is 10.1. The monoisotopic (exact) mass is 348 g/mol. The fraction of sp³-hybridized carbons (Fsp3) is 0.450. The minimum atomic E-state index is -0.870. The molecule has 0 fully saturated rings. The lowest BCUT2D eigenvalue weighted by Crippen LogP contribution is -2.30. The lowest BCUT2D eigenvalue weighted by Gasteiger charge is -2.19. The number of hydrogen-bond donors (Lipinski definition) is 0. The molecule has 0 radical (unpaired) electrons. The van der Waals surface area contributed by atoms with Crippen LogP contribution in [0.25, 0.3) is 0 Å². The van der Waals surface area contributed by atoms with Crippen LogP contribution in [0.1, 0.15) is 53.1 Å². The van der Waals surface area contributed by atoms with E-state index < -0.39 is 11.6 Å². The minimum Gasteiger partial charge on any atom is -0.340 e. The summed E-state index contributed by atoms with van der Waals surface area (Å²) >= 11 is 0. The van der Waals surface area contributed by atoms with Crippen LogP contribution in [0.3, 0.4) is 0 Å². The Bertz CT molecular complexity index is 780. The van der Waals surface area contributed by atoms with Crippen molar-refractivity contribution < 1.29 is 13.6 Å². The number of halogens is 2. The molecule has 2 rings (SSSR count). The van der Waals surface area contributed by atoms with Gasteiger partial charge in [0.15, 0.2) is 11.6 Å². The number of hydrogen-bond acceptors (Lipinski definition) is 1. The Morgan fingerprint density at radius 2 is 1.84 bits per heavy atom. The summed E-state index contributed by atoms with van der Waals surface area (Å²) in [5, 5.41) is 0. The van der Waals surface area contributed by atoms with Crippen molar-refractivity contribution in [3.63, 3.8) is 0 Å². The highest BCUT2D eigenvalue weighted by Crippen LogP contribution is 2.25. The van der Waals surface area contributed by atoms with Crippen LogP contribution in [0.4, 0.5) is 8.78 Å². The van der Waals surface area contributed by atoms with Crippen molar-refractivity contribution in [2.75, 3.05) is 13.6 Å². The molecule has 3 nitrogen and oxygen atoms in total. The highest BCUT2D eigenvalue weighted by atomic mass is 19.2. The summed E-state index contributed by atoms with van der Waals surface area (Å²) in [6, 6.07) is 3.88. The highest BCUT2D eigenvalue weighted by Gasteiger charge is 2.24. The summed E-state index contributed by atoms with van der Waals surface area (Å²) in [5.74, 6) is -1.77. The van der Waals surface area contributed by atoms with Crippen LogP contribution in [0, 0.1) is 25.5 Å². The predicted octanol–water partition coefficient (Wildman–Crippen LogP) is 4.48. The van der Waals surface area contributed by atoms with E-state index in [4.69, 9.17) is 0 Å². The smallest absolute Gasteiger partial charge is 0.270 e. The van der Waals surface area contributed by atoms with Crippen molar-refractivity contribution in [1.82, 2.24) is 9.47 Å². The van der Waals surface area contributed by atoms with E-state index in [1.165, 1.54) is 6.07 Å². The Morgan fingerprint density at radius 3 is 2.40 bits per heavy atom. The van der Waals surface area contributed by atoms with Gasteiger partial charge in [-0.25, -0.2) is 8.78 Å². The molecule has 1 aromatic carbocycles. The second kappa shape index (κ2) is 7.81. The number of rotatable bonds is 6. The van der Waals surface area contributed by atoms with Gasteiger partial charge >= 0.3 is 0 Å². The number of amides is 1. The molecule has 0 aliphatic heterocycles. The van der Waals surface area contributed by atoms with Crippen LogP contribution in [0.15, 0.2) is 18.2 Å². The van der Waals surface area contributed by atoms with E-state index in [9.17, 15) is 13.6 Å². The molecule has 1 heterocycles. The first kappa shape index (κ1) is 19.2. The zero-order valence-electron chi connectivity index (χ0n) is 15.6. The molecule has 1 amide bonds. The lowest BCUT2D eigenvalue weighted by molar-refractivity contribution is 0.0784. The van der Waals surface area contributed by atoms with Crippen molar-refractivity contribution in [3.8, 4) is 0 Å². The Balaban J connectivity index is 2.51. The van der Waals surface area contributed by atoms with Crippen molar-refractivity contribution in [2.45, 2.75) is 47.1 Å². The molecule has 1 aromatic heterocycles. The molecule has 0 atom stereocenters. The molecule has 2 aromatic rings. The van der Waals surface area contributed by atoms with Crippen molar-refractivity contribution in [2.24, 2.45) is 0 Å². The second-order valence-corrected chi connectivity index (χ2v) is 6.45. The summed E-state index contributed by atoms with van der Waals surface area (Å²) in [4.78, 5) is 14.7. The Kier molecular flexibility index (Phi) is 5.98. The Morgan fingerprint density at radius 1 is 1.16 bits per heavy atom. The summed E-state index contributed by atoms with van der Waals surface area (Å²) in [6.45, 7) is 9.03. The van der Waals surface area contributed by atoms with Gasteiger partial charge in [0.2, 0.25) is 0 Å². The quantitative estimate of drug-likeness (QED) is 0.756. The largest absolute Gasteiger partial charge is 0.340 e. The van der Waals surface area contributed by atoms with Crippen LogP contribution < -0.4 is 0 Å². The third kappa shape index (κ3) is 3.75. The van der Waals surface area contributed by atoms with Gasteiger partial charge in [-0.2, -0.15) is 0 Å². The SMILES string of the molecule is CCCN(C)C(=O)c1c(C)c(CC)c(C)n1Cc1ccc(F)c(F)c1. The van der Waals surface area contributed by atoms with Crippen LogP contribution >= 0.6 is 0 Å². The van der Waals surface area contributed by atoms with Gasteiger partial charge in [0.05, 0.1) is 0 Å². The molecule has 5 heteroatoms. The number of nitrogens with zero attached hydrogens (tertiary/aromatic N) is 2. The second-order valence-electron chi connectivity index (χ2n) is 6.45. The van der Waals surface area contributed by atoms with Gasteiger partial charge in [0.1, 0.15) is 5.69 Å². The molecule has 0 aliphatic carbocycles. The number of carbonyl (C=O) groups is 1. The number of carbonyl (C=O) groups excluding carboxylic acids is 1. The first-order valence-electron chi connectivity index (χ1n) is 8.69. The first-order chi connectivity index (χ1) is 11.8. The van der Waals surface area contributed by atoms with Gasteiger partial charge in [0.25, 0.3) is 5.91 Å². The summed E-state index contributed by atoms with van der Waals surface area (Å²) in [6.07, 6.45) is 1.70. The molecular weight excluding hydrogens is 322 g/mol. The van der Waals surface area contributed by atoms with E-state index in [-0.39, 0.29) is 5.91 Å². The molecule has 0 bridgehead atoms. The molecule has 0 N–H and O–H groups in total. The average Bonchev–Trinajstić information content (AvgIpc) is 2.80. The summed E-state index contributed by atoms with van der Waals surface area (Å²) < 4.78 is 28.7. The fourth-order valence-electron chi connectivity index (χ4n) is 3.38. The van der Waals surface area contributed by atoms with Gasteiger partial charge in [-0.15, -0.1) is 0 Å². The van der Waals surface area contributed by atoms with E-state index in [1.807, 2.05) is 25.3 Å². The van der Waals surface area contributed by atoms with Gasteiger partial charge in [0, 0.05) is 25.8 Å². The number of benzene rings is 1. The van der Waals surface area contributed by atoms with Gasteiger partial charge in [-0.1, -0.05) is 19.9 Å². The normalized spacial score (nSPS) is 11.0. The van der Waals surface area contributed by atoms with Crippen LogP contribution in [-0.2, 0) is 13.0 Å². The zero-order valence-corrected chi connectivity index (χ0v) is 15.6. The Hall–Kier alpha value is -2.17. The predicted molar refractivity (Wildman–Crippen MR) is 96.0 cm³/mol. The van der Waals surface area contributed by atoms with Crippen LogP contribution in [-0.4, -0.2) is 29.0 Å². The highest BCUT2D eigenvalue weighted by molar-refractivity contribution is 5.94. The topological polar surface area (TPSA) is 25.2 Å². The van der Waals surface area contributed by atoms with Crippen LogP contribution in [0.5, 0.6) is 0 Å². The molecular formula is C20H26F2N2O. The van der Waals surface area contributed by atoms with Crippen molar-refractivity contribution in [1.29, 1.82) is 0 Å². The third-order valence-corrected chi connectivity index (χ3v) is 4.71. The summed E-state index contributed by atoms with van der Waals surface area (Å²) in [7, 11) is 1.79. The maximum atomic E-state index is 13.6. The average molecular weight is 348 g/mol. The molecule has 0 spiro atoms. The van der Waals surface area contributed by atoms with Gasteiger partial charge < -0.3 is 9.47 Å². The molecule has 0 aliphatic rings. The summed E-state index contributed by atoms with van der Waals surface area (Å²) in [5.41, 5.74) is 4.37. The standard InChI is InChI=1S/C20H26F2N2O/c1-6-10-23(5)20(25)19-13(3)16(7-2)14(4)24(19)12-15-8-9-17(21)18(22)11-15/h8-9,11H,6-7,10,12H2,1-5H3. The van der Waals surface area contributed by atoms with Crippen molar-refractivity contribution >= 4 is 5.91 Å². The van der Waals surface area contributed by atoms with E-state index in [0.29, 0.717) is 24.3 Å². The first-order valence-corrected chi connectivity index (χ1v) is 8.69. The maximum absolute atomic E-state index is 13.6. The Labute approximate surface area is 148 Å². The van der Waals surface area contributed by atoms with Gasteiger partial charge in [-0.05, 0) is 55.5 Å². The van der Waals surface area contributed by atoms with E-state index in [2.05, 4.69) is 6.92 Å². The van der Waals surface area contributed by atoms with Gasteiger partial charge in [-0.3, -0.25) is 4.79 Å². The number of aromatic nitrogens is 1. The maximum Gasteiger partial charge on any atom is 0.270 e. The minimum absolute atomic E-state index is 0.0373. The molecule has 0 unspecified atom stereocenters. The van der Waals surface area contributed by atoms with Crippen molar-refractivity contribution in [3.05, 3.63) is 57.9 Å².